The lowest BCUT2D eigenvalue weighted by Crippen LogP contribution is -2.44. The summed E-state index contributed by atoms with van der Waals surface area (Å²) in [7, 11) is 0. The largest absolute Gasteiger partial charge is 0.340 e. The van der Waals surface area contributed by atoms with Crippen molar-refractivity contribution in [3.8, 4) is 0 Å². The Morgan fingerprint density at radius 1 is 1.20 bits per heavy atom. The molecule has 3 heterocycles. The number of hydrogen-bond acceptors (Lipinski definition) is 3. The van der Waals surface area contributed by atoms with Crippen LogP contribution >= 0.6 is 0 Å². The molecule has 0 bridgehead atoms. The van der Waals surface area contributed by atoms with Crippen LogP contribution in [0.5, 0.6) is 0 Å². The highest BCUT2D eigenvalue weighted by atomic mass is 16.2. The molecule has 6 nitrogen and oxygen atoms in total. The number of amides is 2. The summed E-state index contributed by atoms with van der Waals surface area (Å²) in [5, 5.41) is 0. The smallest absolute Gasteiger partial charge is 0.228 e. The van der Waals surface area contributed by atoms with E-state index in [9.17, 15) is 9.59 Å². The van der Waals surface area contributed by atoms with Gasteiger partial charge in [-0.3, -0.25) is 9.59 Å². The number of hydrogen-bond donors (Lipinski definition) is 0. The minimum Gasteiger partial charge on any atom is -0.340 e. The molecule has 0 radical (unpaired) electrons. The van der Waals surface area contributed by atoms with Crippen molar-refractivity contribution >= 4 is 11.8 Å². The van der Waals surface area contributed by atoms with Crippen LogP contribution in [0.25, 0.3) is 0 Å². The first-order chi connectivity index (χ1) is 12.0. The summed E-state index contributed by atoms with van der Waals surface area (Å²) in [6.45, 7) is 6.49. The molecule has 1 aromatic heterocycles. The van der Waals surface area contributed by atoms with E-state index in [0.29, 0.717) is 31.0 Å². The molecule has 6 heteroatoms. The van der Waals surface area contributed by atoms with Crippen LogP contribution in [-0.4, -0.2) is 56.8 Å². The Morgan fingerprint density at radius 2 is 2.00 bits per heavy atom. The third-order valence-electron chi connectivity index (χ3n) is 5.81. The summed E-state index contributed by atoms with van der Waals surface area (Å²) in [6.07, 6.45) is 8.62. The van der Waals surface area contributed by atoms with E-state index in [1.165, 1.54) is 0 Å². The molecule has 0 aromatic carbocycles. The molecule has 0 spiro atoms. The molecular formula is C19H28N4O2. The fourth-order valence-electron chi connectivity index (χ4n) is 4.36. The van der Waals surface area contributed by atoms with Gasteiger partial charge in [-0.15, -0.1) is 0 Å². The van der Waals surface area contributed by atoms with Crippen molar-refractivity contribution in [1.29, 1.82) is 0 Å². The van der Waals surface area contributed by atoms with Crippen LogP contribution in [0, 0.1) is 5.92 Å². The third kappa shape index (κ3) is 3.18. The number of nitrogens with zero attached hydrogens (tertiary/aromatic N) is 4. The van der Waals surface area contributed by atoms with Gasteiger partial charge in [-0.25, -0.2) is 4.98 Å². The van der Waals surface area contributed by atoms with Gasteiger partial charge in [0.05, 0.1) is 12.0 Å². The van der Waals surface area contributed by atoms with Crippen LogP contribution < -0.4 is 0 Å². The predicted octanol–water partition coefficient (Wildman–Crippen LogP) is 2.18. The molecule has 0 N–H and O–H groups in total. The standard InChI is InChI=1S/C19H28N4O2/c1-13(2)18-20-7-9-22(18)16-4-3-8-21(12-16)19(25)14-10-17(24)23(11-14)15-5-6-15/h7,9,13-16H,3-6,8,10-12H2,1-2H3/t14-,16-/m0/s1. The van der Waals surface area contributed by atoms with E-state index >= 15 is 0 Å². The lowest BCUT2D eigenvalue weighted by atomic mass is 10.0. The van der Waals surface area contributed by atoms with Gasteiger partial charge in [0.15, 0.2) is 0 Å². The lowest BCUT2D eigenvalue weighted by Gasteiger charge is -2.35. The van der Waals surface area contributed by atoms with E-state index < -0.39 is 0 Å². The Morgan fingerprint density at radius 3 is 2.72 bits per heavy atom. The zero-order valence-corrected chi connectivity index (χ0v) is 15.2. The maximum absolute atomic E-state index is 13.0. The second kappa shape index (κ2) is 6.46. The number of rotatable bonds is 4. The summed E-state index contributed by atoms with van der Waals surface area (Å²) in [5.74, 6) is 1.67. The molecule has 136 valence electrons. The lowest BCUT2D eigenvalue weighted by molar-refractivity contribution is -0.137. The van der Waals surface area contributed by atoms with E-state index in [1.807, 2.05) is 22.2 Å². The Kier molecular flexibility index (Phi) is 4.29. The van der Waals surface area contributed by atoms with Gasteiger partial charge in [-0.1, -0.05) is 13.8 Å². The molecule has 2 atom stereocenters. The summed E-state index contributed by atoms with van der Waals surface area (Å²) < 4.78 is 2.25. The highest BCUT2D eigenvalue weighted by Crippen LogP contribution is 2.34. The molecule has 2 saturated heterocycles. The van der Waals surface area contributed by atoms with Crippen LogP contribution in [0.15, 0.2) is 12.4 Å². The molecule has 2 aliphatic heterocycles. The molecule has 3 aliphatic rings. The number of piperidine rings is 1. The Balaban J connectivity index is 1.43. The predicted molar refractivity (Wildman–Crippen MR) is 94.0 cm³/mol. The molecular weight excluding hydrogens is 316 g/mol. The second-order valence-corrected chi connectivity index (χ2v) is 8.11. The molecule has 1 aromatic rings. The van der Waals surface area contributed by atoms with Crippen LogP contribution in [0.4, 0.5) is 0 Å². The second-order valence-electron chi connectivity index (χ2n) is 8.11. The number of carbonyl (C=O) groups excluding carboxylic acids is 2. The van der Waals surface area contributed by atoms with Crippen LogP contribution in [0.3, 0.4) is 0 Å². The maximum atomic E-state index is 13.0. The maximum Gasteiger partial charge on any atom is 0.228 e. The van der Waals surface area contributed by atoms with Gasteiger partial charge >= 0.3 is 0 Å². The molecule has 3 fully saturated rings. The van der Waals surface area contributed by atoms with E-state index in [4.69, 9.17) is 0 Å². The zero-order chi connectivity index (χ0) is 17.6. The first kappa shape index (κ1) is 16.6. The highest BCUT2D eigenvalue weighted by molar-refractivity contribution is 5.89. The van der Waals surface area contributed by atoms with Gasteiger partial charge in [0.2, 0.25) is 11.8 Å². The van der Waals surface area contributed by atoms with Crippen molar-refractivity contribution in [3.05, 3.63) is 18.2 Å². The van der Waals surface area contributed by atoms with E-state index in [0.717, 1.165) is 44.6 Å². The third-order valence-corrected chi connectivity index (χ3v) is 5.81. The molecule has 2 amide bonds. The van der Waals surface area contributed by atoms with Crippen molar-refractivity contribution in [1.82, 2.24) is 19.4 Å². The summed E-state index contributed by atoms with van der Waals surface area (Å²) in [4.78, 5) is 33.6. The molecule has 4 rings (SSSR count). The van der Waals surface area contributed by atoms with Gasteiger partial charge in [0.25, 0.3) is 0 Å². The van der Waals surface area contributed by atoms with Crippen LogP contribution in [-0.2, 0) is 9.59 Å². The molecule has 0 unspecified atom stereocenters. The summed E-state index contributed by atoms with van der Waals surface area (Å²) >= 11 is 0. The molecule has 25 heavy (non-hydrogen) atoms. The average molecular weight is 344 g/mol. The fraction of sp³-hybridized carbons (Fsp3) is 0.737. The Labute approximate surface area is 149 Å². The normalized spacial score (nSPS) is 27.4. The van der Waals surface area contributed by atoms with Crippen molar-refractivity contribution in [2.75, 3.05) is 19.6 Å². The first-order valence-corrected chi connectivity index (χ1v) is 9.65. The van der Waals surface area contributed by atoms with E-state index in [2.05, 4.69) is 23.4 Å². The average Bonchev–Trinajstić information content (AvgIpc) is 3.18. The first-order valence-electron chi connectivity index (χ1n) is 9.65. The van der Waals surface area contributed by atoms with Crippen LogP contribution in [0.2, 0.25) is 0 Å². The topological polar surface area (TPSA) is 58.4 Å². The van der Waals surface area contributed by atoms with Crippen molar-refractivity contribution in [2.45, 2.75) is 64.0 Å². The SMILES string of the molecule is CC(C)c1nccn1[C@H]1CCCN(C(=O)[C@H]2CC(=O)N(C3CC3)C2)C1. The van der Waals surface area contributed by atoms with Crippen molar-refractivity contribution in [2.24, 2.45) is 5.92 Å². The Hall–Kier alpha value is -1.85. The Bertz CT molecular complexity index is 664. The molecule has 1 saturated carbocycles. The van der Waals surface area contributed by atoms with Gasteiger partial charge in [0.1, 0.15) is 5.82 Å². The number of likely N-dealkylation sites (tertiary alicyclic amines) is 2. The van der Waals surface area contributed by atoms with Crippen molar-refractivity contribution in [3.63, 3.8) is 0 Å². The quantitative estimate of drug-likeness (QED) is 0.841. The van der Waals surface area contributed by atoms with E-state index in [-0.39, 0.29) is 17.7 Å². The highest BCUT2D eigenvalue weighted by Gasteiger charge is 2.43. The van der Waals surface area contributed by atoms with Crippen LogP contribution in [0.1, 0.15) is 63.7 Å². The number of carbonyl (C=O) groups is 2. The minimum atomic E-state index is -0.140. The summed E-state index contributed by atoms with van der Waals surface area (Å²) in [6, 6.07) is 0.716. The monoisotopic (exact) mass is 344 g/mol. The zero-order valence-electron chi connectivity index (χ0n) is 15.2. The van der Waals surface area contributed by atoms with Gasteiger partial charge in [-0.05, 0) is 25.7 Å². The van der Waals surface area contributed by atoms with Gasteiger partial charge in [0, 0.05) is 50.4 Å². The molecule has 1 aliphatic carbocycles. The van der Waals surface area contributed by atoms with Crippen molar-refractivity contribution < 1.29 is 9.59 Å². The van der Waals surface area contributed by atoms with E-state index in [1.54, 1.807) is 0 Å². The number of imidazole rings is 1. The summed E-state index contributed by atoms with van der Waals surface area (Å²) in [5.41, 5.74) is 0. The number of aromatic nitrogens is 2. The minimum absolute atomic E-state index is 0.140. The van der Waals surface area contributed by atoms with Gasteiger partial charge < -0.3 is 14.4 Å². The fourth-order valence-corrected chi connectivity index (χ4v) is 4.36. The van der Waals surface area contributed by atoms with Gasteiger partial charge in [-0.2, -0.15) is 0 Å².